The predicted molar refractivity (Wildman–Crippen MR) is 205 cm³/mol. The molecule has 0 amide bonds. The first-order valence-corrected chi connectivity index (χ1v) is 18.9. The van der Waals surface area contributed by atoms with Crippen molar-refractivity contribution in [3.63, 3.8) is 0 Å². The van der Waals surface area contributed by atoms with Gasteiger partial charge in [-0.3, -0.25) is 4.99 Å². The average molecular weight is 631 g/mol. The van der Waals surface area contributed by atoms with E-state index in [2.05, 4.69) is 83.1 Å². The summed E-state index contributed by atoms with van der Waals surface area (Å²) in [6.07, 6.45) is 22.7. The molecule has 0 bridgehead atoms. The van der Waals surface area contributed by atoms with E-state index in [1.165, 1.54) is 51.4 Å². The van der Waals surface area contributed by atoms with Crippen LogP contribution in [0.4, 0.5) is 11.4 Å². The van der Waals surface area contributed by atoms with E-state index in [9.17, 15) is 5.11 Å². The van der Waals surface area contributed by atoms with Crippen LogP contribution in [0.15, 0.2) is 90.5 Å². The van der Waals surface area contributed by atoms with Gasteiger partial charge in [-0.1, -0.05) is 95.7 Å². The highest BCUT2D eigenvalue weighted by atomic mass is 32.2. The van der Waals surface area contributed by atoms with E-state index in [1.807, 2.05) is 49.5 Å². The third-order valence-corrected chi connectivity index (χ3v) is 14.0. The third kappa shape index (κ3) is 7.93. The number of nitrogens with zero attached hydrogens (tertiary/aromatic N) is 2. The summed E-state index contributed by atoms with van der Waals surface area (Å²) in [4.78, 5) is 6.22. The molecule has 1 aromatic rings. The Bertz CT molecular complexity index is 1290. The van der Waals surface area contributed by atoms with Gasteiger partial charge in [-0.25, -0.2) is 0 Å². The zero-order valence-electron chi connectivity index (χ0n) is 29.4. The van der Waals surface area contributed by atoms with Gasteiger partial charge in [0.15, 0.2) is 0 Å². The van der Waals surface area contributed by atoms with Crippen LogP contribution in [0.3, 0.4) is 0 Å². The van der Waals surface area contributed by atoms with Crippen LogP contribution in [0, 0.1) is 34.5 Å². The molecule has 1 aromatic carbocycles. The number of para-hydroxylation sites is 2. The second-order valence-electron chi connectivity index (χ2n) is 13.9. The van der Waals surface area contributed by atoms with Crippen molar-refractivity contribution in [3.05, 3.63) is 85.5 Å². The van der Waals surface area contributed by atoms with Crippen molar-refractivity contribution in [3.8, 4) is 0 Å². The summed E-state index contributed by atoms with van der Waals surface area (Å²) in [6.45, 7) is 25.8. The van der Waals surface area contributed by atoms with Crippen molar-refractivity contribution < 1.29 is 5.11 Å². The Morgan fingerprint density at radius 1 is 1.11 bits per heavy atom. The fraction of sp³-hybridized carbons (Fsp3) is 0.561. The number of aliphatic imine (C=N–C) groups is 1. The molecule has 45 heavy (non-hydrogen) atoms. The summed E-state index contributed by atoms with van der Waals surface area (Å²) in [5, 5.41) is 11.0. The van der Waals surface area contributed by atoms with Gasteiger partial charge in [-0.15, -0.1) is 23.6 Å². The molecule has 3 saturated carbocycles. The van der Waals surface area contributed by atoms with Gasteiger partial charge in [-0.2, -0.15) is 0 Å². The van der Waals surface area contributed by atoms with E-state index in [1.54, 1.807) is 5.57 Å². The lowest BCUT2D eigenvalue weighted by Crippen LogP contribution is -2.49. The molecule has 4 aliphatic carbocycles. The predicted octanol–water partition coefficient (Wildman–Crippen LogP) is 11.9. The van der Waals surface area contributed by atoms with E-state index < -0.39 is 0 Å². The largest absolute Gasteiger partial charge is 0.364 e. The van der Waals surface area contributed by atoms with E-state index in [0.717, 1.165) is 58.7 Å². The highest BCUT2D eigenvalue weighted by Crippen LogP contribution is 2.66. The number of benzene rings is 1. The molecule has 0 saturated heterocycles. The van der Waals surface area contributed by atoms with Crippen LogP contribution in [-0.4, -0.2) is 35.6 Å². The summed E-state index contributed by atoms with van der Waals surface area (Å²) in [7, 11) is 1.86. The lowest BCUT2D eigenvalue weighted by atomic mass is 9.47. The molecule has 7 atom stereocenters. The summed E-state index contributed by atoms with van der Waals surface area (Å²) < 4.78 is 0. The SMILES string of the molecule is C=C.C=C/C=C1/CCC2C(CCC3(C)C(C)CCC23)C1(C)CCC.C=Nc1ccccc1N(C)CS(CC)=C(O)C1=CC=CC1. The van der Waals surface area contributed by atoms with Gasteiger partial charge in [-0.05, 0) is 116 Å². The standard InChI is InChI=1S/C22H36.C17H22N2OS.C2H4/c1-6-8-17-10-11-18-19-12-9-16(3)21(19,4)15-13-20(18)22(17,5)14-7-2;1-4-21(17(20)14-9-5-6-10-14)13-19(3)16-12-8-7-11-15(16)18-2;1-2/h6,8,16,18-20H,1,7,9-15H2,2-5H3;5-9,11-12,20H,2,4,10,13H2,1,3H3;1-2H2/b17-8-;;. The van der Waals surface area contributed by atoms with Crippen LogP contribution < -0.4 is 4.90 Å². The Morgan fingerprint density at radius 3 is 2.47 bits per heavy atom. The highest BCUT2D eigenvalue weighted by molar-refractivity contribution is 8.16. The number of anilines is 1. The highest BCUT2D eigenvalue weighted by Gasteiger charge is 2.57. The van der Waals surface area contributed by atoms with Crippen molar-refractivity contribution in [1.29, 1.82) is 0 Å². The van der Waals surface area contributed by atoms with Crippen LogP contribution in [0.25, 0.3) is 0 Å². The molecule has 4 aliphatic rings. The molecule has 0 aliphatic heterocycles. The maximum absolute atomic E-state index is 10.5. The van der Waals surface area contributed by atoms with E-state index in [4.69, 9.17) is 0 Å². The van der Waals surface area contributed by atoms with Gasteiger partial charge >= 0.3 is 0 Å². The molecule has 5 rings (SSSR count). The number of aliphatic hydroxyl groups is 1. The molecule has 1 N–H and O–H groups in total. The Hall–Kier alpha value is -2.43. The smallest absolute Gasteiger partial charge is 0.101 e. The monoisotopic (exact) mass is 630 g/mol. The number of fused-ring (bicyclic) bond motifs is 3. The van der Waals surface area contributed by atoms with Crippen LogP contribution in [-0.2, 0) is 0 Å². The summed E-state index contributed by atoms with van der Waals surface area (Å²) in [5.41, 5.74) is 5.77. The van der Waals surface area contributed by atoms with Crippen LogP contribution in [0.5, 0.6) is 0 Å². The molecular weight excluding hydrogens is 569 g/mol. The molecule has 0 aromatic heterocycles. The van der Waals surface area contributed by atoms with Crippen molar-refractivity contribution in [1.82, 2.24) is 0 Å². The normalized spacial score (nSPS) is 31.7. The Kier molecular flexibility index (Phi) is 13.9. The summed E-state index contributed by atoms with van der Waals surface area (Å²) in [6, 6.07) is 7.95. The maximum atomic E-state index is 10.5. The maximum Gasteiger partial charge on any atom is 0.101 e. The Balaban J connectivity index is 0.000000233. The zero-order valence-corrected chi connectivity index (χ0v) is 30.2. The Labute approximate surface area is 278 Å². The van der Waals surface area contributed by atoms with Gasteiger partial charge in [0, 0.05) is 7.05 Å². The van der Waals surface area contributed by atoms with Crippen LogP contribution >= 0.6 is 10.5 Å². The zero-order chi connectivity index (χ0) is 33.2. The average Bonchev–Trinajstić information content (AvgIpc) is 3.70. The van der Waals surface area contributed by atoms with Crippen molar-refractivity contribution in [2.45, 2.75) is 92.4 Å². The lowest BCUT2D eigenvalue weighted by molar-refractivity contribution is -0.0465. The summed E-state index contributed by atoms with van der Waals surface area (Å²) >= 11 is 0. The lowest BCUT2D eigenvalue weighted by Gasteiger charge is -2.57. The molecular formula is C41H62N2OS. The first kappa shape index (κ1) is 37.0. The van der Waals surface area contributed by atoms with Gasteiger partial charge in [0.05, 0.1) is 17.3 Å². The molecule has 4 heteroatoms. The number of aliphatic hydroxyl groups excluding tert-OH is 1. The topological polar surface area (TPSA) is 35.8 Å². The Morgan fingerprint density at radius 2 is 1.84 bits per heavy atom. The number of hydrogen-bond acceptors (Lipinski definition) is 2. The first-order chi connectivity index (χ1) is 21.6. The summed E-state index contributed by atoms with van der Waals surface area (Å²) in [5.74, 6) is 5.57. The second-order valence-corrected chi connectivity index (χ2v) is 16.1. The number of allylic oxidation sites excluding steroid dienone is 6. The van der Waals surface area contributed by atoms with E-state index in [-0.39, 0.29) is 10.5 Å². The molecule has 0 radical (unpaired) electrons. The number of hydrogen-bond donors (Lipinski definition) is 1. The van der Waals surface area contributed by atoms with Crippen molar-refractivity contribution >= 4 is 33.6 Å². The molecule has 0 spiro atoms. The minimum Gasteiger partial charge on any atom is -0.364 e. The van der Waals surface area contributed by atoms with Crippen LogP contribution in [0.2, 0.25) is 0 Å². The third-order valence-electron chi connectivity index (χ3n) is 11.8. The molecule has 0 heterocycles. The molecule has 3 fully saturated rings. The van der Waals surface area contributed by atoms with Gasteiger partial charge in [0.2, 0.25) is 0 Å². The van der Waals surface area contributed by atoms with Crippen LogP contribution in [0.1, 0.15) is 92.4 Å². The molecule has 7 unspecified atom stereocenters. The van der Waals surface area contributed by atoms with Gasteiger partial charge in [0.1, 0.15) is 5.05 Å². The minimum atomic E-state index is -0.179. The van der Waals surface area contributed by atoms with Crippen molar-refractivity contribution in [2.24, 2.45) is 39.5 Å². The fourth-order valence-electron chi connectivity index (χ4n) is 9.18. The second kappa shape index (κ2) is 16.9. The molecule has 3 nitrogen and oxygen atoms in total. The van der Waals surface area contributed by atoms with E-state index >= 15 is 0 Å². The first-order valence-electron chi connectivity index (χ1n) is 17.3. The van der Waals surface area contributed by atoms with Crippen molar-refractivity contribution in [2.75, 3.05) is 23.6 Å². The van der Waals surface area contributed by atoms with E-state index in [0.29, 0.717) is 15.9 Å². The van der Waals surface area contributed by atoms with Gasteiger partial charge < -0.3 is 10.0 Å². The molecule has 248 valence electrons. The quantitative estimate of drug-likeness (QED) is 0.167. The minimum absolute atomic E-state index is 0.179. The number of rotatable bonds is 9. The fourth-order valence-corrected chi connectivity index (χ4v) is 10.9. The van der Waals surface area contributed by atoms with Gasteiger partial charge in [0.25, 0.3) is 0 Å².